The van der Waals surface area contributed by atoms with Crippen LogP contribution in [0.25, 0.3) is 0 Å². The average Bonchev–Trinajstić information content (AvgIpc) is 3.01. The minimum absolute atomic E-state index is 0.0285. The molecule has 0 unspecified atom stereocenters. The summed E-state index contributed by atoms with van der Waals surface area (Å²) < 4.78 is 0. The lowest BCUT2D eigenvalue weighted by Crippen LogP contribution is -2.10. The van der Waals surface area contributed by atoms with Crippen molar-refractivity contribution in [3.05, 3.63) is 29.0 Å². The summed E-state index contributed by atoms with van der Waals surface area (Å²) in [5, 5.41) is 0.486. The van der Waals surface area contributed by atoms with Gasteiger partial charge in [-0.2, -0.15) is 0 Å². The lowest BCUT2D eigenvalue weighted by Gasteiger charge is -1.98. The van der Waals surface area contributed by atoms with Crippen LogP contribution in [0.15, 0.2) is 18.3 Å². The second kappa shape index (κ2) is 4.11. The van der Waals surface area contributed by atoms with Gasteiger partial charge in [0.25, 0.3) is 0 Å². The highest BCUT2D eigenvalue weighted by atomic mass is 35.5. The number of nitrogens with zero attached hydrogens (tertiary/aromatic N) is 1. The lowest BCUT2D eigenvalue weighted by molar-refractivity contribution is -0.119. The number of aromatic nitrogens is 1. The van der Waals surface area contributed by atoms with Crippen molar-refractivity contribution in [1.82, 2.24) is 4.98 Å². The Labute approximate surface area is 92.5 Å². The second-order valence-corrected chi connectivity index (χ2v) is 4.14. The van der Waals surface area contributed by atoms with E-state index in [9.17, 15) is 9.59 Å². The minimum atomic E-state index is -0.219. The van der Waals surface area contributed by atoms with E-state index >= 15 is 0 Å². The van der Waals surface area contributed by atoms with E-state index in [1.165, 1.54) is 6.20 Å². The summed E-state index contributed by atoms with van der Waals surface area (Å²) in [7, 11) is 0. The zero-order valence-corrected chi connectivity index (χ0v) is 8.83. The summed E-state index contributed by atoms with van der Waals surface area (Å²) >= 11 is 5.64. The molecule has 1 aliphatic carbocycles. The van der Waals surface area contributed by atoms with Crippen LogP contribution in [0.2, 0.25) is 5.02 Å². The molecule has 0 N–H and O–H groups in total. The van der Waals surface area contributed by atoms with Crippen molar-refractivity contribution >= 4 is 23.2 Å². The number of pyridine rings is 1. The van der Waals surface area contributed by atoms with E-state index in [4.69, 9.17) is 11.6 Å². The van der Waals surface area contributed by atoms with Crippen LogP contribution in [0.5, 0.6) is 0 Å². The molecule has 0 spiro atoms. The fourth-order valence-corrected chi connectivity index (χ4v) is 1.45. The molecule has 0 radical (unpaired) electrons. The molecule has 1 aromatic rings. The first kappa shape index (κ1) is 10.3. The Bertz CT molecular complexity index is 396. The number of carbonyl (C=O) groups is 2. The fourth-order valence-electron chi connectivity index (χ4n) is 1.34. The van der Waals surface area contributed by atoms with Crippen LogP contribution >= 0.6 is 11.6 Å². The van der Waals surface area contributed by atoms with E-state index in [0.29, 0.717) is 10.7 Å². The third-order valence-electron chi connectivity index (χ3n) is 2.38. The van der Waals surface area contributed by atoms with E-state index in [2.05, 4.69) is 4.98 Å². The number of hydrogen-bond donors (Lipinski definition) is 0. The van der Waals surface area contributed by atoms with Gasteiger partial charge in [0, 0.05) is 12.1 Å². The normalized spacial score (nSPS) is 15.0. The van der Waals surface area contributed by atoms with Crippen molar-refractivity contribution in [3.63, 3.8) is 0 Å². The Morgan fingerprint density at radius 2 is 2.13 bits per heavy atom. The van der Waals surface area contributed by atoms with E-state index in [0.717, 1.165) is 12.8 Å². The van der Waals surface area contributed by atoms with E-state index in [-0.39, 0.29) is 23.9 Å². The average molecular weight is 224 g/mol. The molecular formula is C11H10ClNO2. The summed E-state index contributed by atoms with van der Waals surface area (Å²) in [5.74, 6) is -0.0541. The zero-order chi connectivity index (χ0) is 10.8. The molecule has 15 heavy (non-hydrogen) atoms. The van der Waals surface area contributed by atoms with Crippen molar-refractivity contribution in [2.24, 2.45) is 5.92 Å². The predicted octanol–water partition coefficient (Wildman–Crippen LogP) is 2.29. The highest BCUT2D eigenvalue weighted by Gasteiger charge is 2.30. The van der Waals surface area contributed by atoms with Gasteiger partial charge in [0.15, 0.2) is 5.78 Å². The molecule has 0 aliphatic heterocycles. The molecule has 4 heteroatoms. The van der Waals surface area contributed by atoms with Gasteiger partial charge >= 0.3 is 0 Å². The minimum Gasteiger partial charge on any atom is -0.299 e. The first-order valence-electron chi connectivity index (χ1n) is 4.84. The zero-order valence-electron chi connectivity index (χ0n) is 8.07. The standard InChI is InChI=1S/C11H10ClNO2/c12-8-3-4-9(13-6-8)11(15)5-10(14)7-1-2-7/h3-4,6-7H,1-2,5H2. The van der Waals surface area contributed by atoms with Gasteiger partial charge in [-0.05, 0) is 25.0 Å². The maximum Gasteiger partial charge on any atom is 0.188 e. The van der Waals surface area contributed by atoms with Crippen LogP contribution in [-0.4, -0.2) is 16.6 Å². The molecule has 78 valence electrons. The number of carbonyl (C=O) groups excluding carboxylic acids is 2. The van der Waals surface area contributed by atoms with Crippen molar-refractivity contribution in [1.29, 1.82) is 0 Å². The van der Waals surface area contributed by atoms with Crippen LogP contribution in [0, 0.1) is 5.92 Å². The summed E-state index contributed by atoms with van der Waals surface area (Å²) in [6.07, 6.45) is 3.25. The molecule has 1 aromatic heterocycles. The van der Waals surface area contributed by atoms with Gasteiger partial charge in [-0.25, -0.2) is 0 Å². The second-order valence-electron chi connectivity index (χ2n) is 3.70. The van der Waals surface area contributed by atoms with Gasteiger partial charge in [-0.3, -0.25) is 14.6 Å². The molecule has 0 atom stereocenters. The smallest absolute Gasteiger partial charge is 0.188 e. The molecule has 0 bridgehead atoms. The van der Waals surface area contributed by atoms with Gasteiger partial charge in [0.1, 0.15) is 11.5 Å². The summed E-state index contributed by atoms with van der Waals surface area (Å²) in [4.78, 5) is 26.8. The Morgan fingerprint density at radius 1 is 1.40 bits per heavy atom. The summed E-state index contributed by atoms with van der Waals surface area (Å²) in [6, 6.07) is 3.15. The number of hydrogen-bond acceptors (Lipinski definition) is 3. The first-order chi connectivity index (χ1) is 7.16. The molecule has 2 rings (SSSR count). The van der Waals surface area contributed by atoms with E-state index in [1.807, 2.05) is 0 Å². The molecule has 1 fully saturated rings. The highest BCUT2D eigenvalue weighted by Crippen LogP contribution is 2.31. The number of Topliss-reactive ketones (excluding diaryl/α,β-unsaturated/α-hetero) is 2. The van der Waals surface area contributed by atoms with Crippen molar-refractivity contribution in [3.8, 4) is 0 Å². The van der Waals surface area contributed by atoms with Crippen LogP contribution in [0.4, 0.5) is 0 Å². The van der Waals surface area contributed by atoms with Crippen LogP contribution in [-0.2, 0) is 4.79 Å². The molecule has 1 saturated carbocycles. The van der Waals surface area contributed by atoms with Crippen LogP contribution < -0.4 is 0 Å². The molecular weight excluding hydrogens is 214 g/mol. The van der Waals surface area contributed by atoms with Crippen molar-refractivity contribution in [2.45, 2.75) is 19.3 Å². The van der Waals surface area contributed by atoms with E-state index < -0.39 is 0 Å². The molecule has 1 heterocycles. The third kappa shape index (κ3) is 2.63. The summed E-state index contributed by atoms with van der Waals surface area (Å²) in [5.41, 5.74) is 0.313. The Morgan fingerprint density at radius 3 is 2.67 bits per heavy atom. The topological polar surface area (TPSA) is 47.0 Å². The predicted molar refractivity (Wildman–Crippen MR) is 55.9 cm³/mol. The van der Waals surface area contributed by atoms with Gasteiger partial charge < -0.3 is 0 Å². The quantitative estimate of drug-likeness (QED) is 0.581. The summed E-state index contributed by atoms with van der Waals surface area (Å²) in [6.45, 7) is 0. The molecule has 3 nitrogen and oxygen atoms in total. The maximum absolute atomic E-state index is 11.6. The molecule has 0 aromatic carbocycles. The van der Waals surface area contributed by atoms with E-state index in [1.54, 1.807) is 12.1 Å². The molecule has 0 amide bonds. The largest absolute Gasteiger partial charge is 0.299 e. The highest BCUT2D eigenvalue weighted by molar-refractivity contribution is 6.30. The van der Waals surface area contributed by atoms with Crippen LogP contribution in [0.3, 0.4) is 0 Å². The van der Waals surface area contributed by atoms with Gasteiger partial charge in [-0.1, -0.05) is 11.6 Å². The maximum atomic E-state index is 11.6. The lowest BCUT2D eigenvalue weighted by atomic mass is 10.1. The Kier molecular flexibility index (Phi) is 2.82. The fraction of sp³-hybridized carbons (Fsp3) is 0.364. The first-order valence-corrected chi connectivity index (χ1v) is 5.22. The van der Waals surface area contributed by atoms with Crippen molar-refractivity contribution < 1.29 is 9.59 Å². The van der Waals surface area contributed by atoms with Gasteiger partial charge in [-0.15, -0.1) is 0 Å². The third-order valence-corrected chi connectivity index (χ3v) is 2.60. The number of ketones is 2. The Hall–Kier alpha value is -1.22. The Balaban J connectivity index is 2.00. The number of rotatable bonds is 4. The SMILES string of the molecule is O=C(CC(=O)C1CC1)c1ccc(Cl)cn1. The van der Waals surface area contributed by atoms with Crippen molar-refractivity contribution in [2.75, 3.05) is 0 Å². The molecule has 1 aliphatic rings. The molecule has 0 saturated heterocycles. The number of halogens is 1. The van der Waals surface area contributed by atoms with Crippen LogP contribution in [0.1, 0.15) is 29.8 Å². The van der Waals surface area contributed by atoms with Gasteiger partial charge in [0.05, 0.1) is 11.4 Å². The monoisotopic (exact) mass is 223 g/mol. The van der Waals surface area contributed by atoms with Gasteiger partial charge in [0.2, 0.25) is 0 Å².